The van der Waals surface area contributed by atoms with Crippen LogP contribution in [-0.2, 0) is 0 Å². The lowest BCUT2D eigenvalue weighted by Crippen LogP contribution is -2.36. The number of carbonyl (C=O) groups is 1. The van der Waals surface area contributed by atoms with Gasteiger partial charge in [0.05, 0.1) is 12.8 Å². The van der Waals surface area contributed by atoms with Crippen LogP contribution in [0.3, 0.4) is 0 Å². The van der Waals surface area contributed by atoms with Gasteiger partial charge < -0.3 is 10.1 Å². The molecule has 0 saturated heterocycles. The molecule has 1 aliphatic rings. The molecule has 1 amide bonds. The number of amides is 1. The predicted molar refractivity (Wildman–Crippen MR) is 69.0 cm³/mol. The van der Waals surface area contributed by atoms with Crippen molar-refractivity contribution in [1.82, 2.24) is 5.32 Å². The topological polar surface area (TPSA) is 86.9 Å². The summed E-state index contributed by atoms with van der Waals surface area (Å²) >= 11 is 0. The zero-order valence-electron chi connectivity index (χ0n) is 9.54. The molecular weight excluding hydrogens is 232 g/mol. The van der Waals surface area contributed by atoms with E-state index in [4.69, 9.17) is 10.1 Å². The van der Waals surface area contributed by atoms with E-state index in [2.05, 4.69) is 15.3 Å². The monoisotopic (exact) mass is 244 g/mol. The number of benzene rings is 1. The van der Waals surface area contributed by atoms with Crippen LogP contribution in [0.15, 0.2) is 40.3 Å². The van der Waals surface area contributed by atoms with Gasteiger partial charge in [-0.15, -0.1) is 0 Å². The third-order valence-electron chi connectivity index (χ3n) is 2.21. The summed E-state index contributed by atoms with van der Waals surface area (Å²) in [5, 5.41) is 9.51. The average molecular weight is 244 g/mol. The number of hydrogen-bond donors (Lipinski definition) is 2. The van der Waals surface area contributed by atoms with Gasteiger partial charge in [-0.2, -0.15) is 0 Å². The summed E-state index contributed by atoms with van der Waals surface area (Å²) in [6.45, 7) is 0.362. The molecule has 2 N–H and O–H groups in total. The molecule has 0 saturated carbocycles. The maximum atomic E-state index is 11.5. The van der Waals surface area contributed by atoms with Gasteiger partial charge in [-0.25, -0.2) is 4.79 Å². The number of ether oxygens (including phenoxy) is 1. The highest BCUT2D eigenvalue weighted by Gasteiger charge is 2.11. The van der Waals surface area contributed by atoms with Crippen LogP contribution in [0.1, 0.15) is 0 Å². The van der Waals surface area contributed by atoms with E-state index in [1.165, 1.54) is 12.4 Å². The quantitative estimate of drug-likeness (QED) is 0.767. The first-order valence-corrected chi connectivity index (χ1v) is 5.40. The van der Waals surface area contributed by atoms with E-state index in [-0.39, 0.29) is 6.04 Å². The van der Waals surface area contributed by atoms with Crippen LogP contribution in [0, 0.1) is 5.41 Å². The summed E-state index contributed by atoms with van der Waals surface area (Å²) in [6, 6.07) is 8.51. The lowest BCUT2D eigenvalue weighted by atomic mass is 10.3. The largest absolute Gasteiger partial charge is 0.418 e. The molecule has 0 aliphatic carbocycles. The Balaban J connectivity index is 1.88. The minimum Gasteiger partial charge on any atom is -0.410 e. The van der Waals surface area contributed by atoms with Crippen LogP contribution in [-0.4, -0.2) is 36.9 Å². The third-order valence-corrected chi connectivity index (χ3v) is 2.21. The normalized spacial score (nSPS) is 17.8. The van der Waals surface area contributed by atoms with Crippen molar-refractivity contribution in [3.05, 3.63) is 30.3 Å². The first-order chi connectivity index (χ1) is 8.78. The SMILES string of the molecule is N=CC1CN=C(NC(=O)Oc2ccccc2)C=N1. The fourth-order valence-corrected chi connectivity index (χ4v) is 1.34. The summed E-state index contributed by atoms with van der Waals surface area (Å²) in [6.07, 6.45) is 2.02. The first kappa shape index (κ1) is 12.0. The van der Waals surface area contributed by atoms with E-state index in [1.54, 1.807) is 24.3 Å². The lowest BCUT2D eigenvalue weighted by Gasteiger charge is -2.11. The minimum absolute atomic E-state index is 0.235. The Bertz CT molecular complexity index is 496. The molecule has 0 fully saturated rings. The molecule has 1 aliphatic heterocycles. The molecule has 1 aromatic rings. The number of aliphatic imine (C=N–C) groups is 2. The molecule has 2 rings (SSSR count). The predicted octanol–water partition coefficient (Wildman–Crippen LogP) is 1.28. The molecule has 1 heterocycles. The van der Waals surface area contributed by atoms with Crippen LogP contribution in [0.25, 0.3) is 0 Å². The van der Waals surface area contributed by atoms with Gasteiger partial charge in [-0.1, -0.05) is 18.2 Å². The molecule has 1 unspecified atom stereocenters. The maximum Gasteiger partial charge on any atom is 0.418 e. The third kappa shape index (κ3) is 3.24. The highest BCUT2D eigenvalue weighted by molar-refractivity contribution is 6.33. The highest BCUT2D eigenvalue weighted by atomic mass is 16.6. The first-order valence-electron chi connectivity index (χ1n) is 5.40. The van der Waals surface area contributed by atoms with Crippen LogP contribution < -0.4 is 10.1 Å². The fraction of sp³-hybridized carbons (Fsp3) is 0.167. The van der Waals surface area contributed by atoms with E-state index in [0.717, 1.165) is 0 Å². The summed E-state index contributed by atoms with van der Waals surface area (Å²) < 4.78 is 5.03. The molecular formula is C12H12N4O2. The molecule has 0 radical (unpaired) electrons. The number of nitrogens with one attached hydrogen (secondary N) is 2. The number of nitrogens with zero attached hydrogens (tertiary/aromatic N) is 2. The Hall–Kier alpha value is -2.50. The van der Waals surface area contributed by atoms with Crippen LogP contribution >= 0.6 is 0 Å². The Morgan fingerprint density at radius 1 is 1.44 bits per heavy atom. The second kappa shape index (κ2) is 5.72. The van der Waals surface area contributed by atoms with Gasteiger partial charge in [-0.3, -0.25) is 15.3 Å². The minimum atomic E-state index is -0.611. The van der Waals surface area contributed by atoms with Crippen molar-refractivity contribution < 1.29 is 9.53 Å². The maximum absolute atomic E-state index is 11.5. The molecule has 6 nitrogen and oxygen atoms in total. The summed E-state index contributed by atoms with van der Waals surface area (Å²) in [5.41, 5.74) is 0. The number of hydrogen-bond acceptors (Lipinski definition) is 5. The second-order valence-corrected chi connectivity index (χ2v) is 3.57. The van der Waals surface area contributed by atoms with Gasteiger partial charge in [0.2, 0.25) is 0 Å². The standard InChI is InChI=1S/C12H12N4O2/c13-6-9-7-15-11(8-14-9)16-12(17)18-10-4-2-1-3-5-10/h1-6,8-9,13H,7H2,(H,15,16,17). The van der Waals surface area contributed by atoms with Crippen LogP contribution in [0.2, 0.25) is 0 Å². The lowest BCUT2D eigenvalue weighted by molar-refractivity contribution is 0.206. The smallest absolute Gasteiger partial charge is 0.410 e. The Morgan fingerprint density at radius 2 is 2.22 bits per heavy atom. The van der Waals surface area contributed by atoms with Gasteiger partial charge in [-0.05, 0) is 12.1 Å². The van der Waals surface area contributed by atoms with Crippen molar-refractivity contribution in [1.29, 1.82) is 5.41 Å². The van der Waals surface area contributed by atoms with Crippen molar-refractivity contribution in [3.63, 3.8) is 0 Å². The summed E-state index contributed by atoms with van der Waals surface area (Å²) in [5.74, 6) is 0.801. The van der Waals surface area contributed by atoms with Crippen molar-refractivity contribution in [3.8, 4) is 5.75 Å². The van der Waals surface area contributed by atoms with E-state index in [1.807, 2.05) is 6.07 Å². The number of rotatable bonds is 2. The summed E-state index contributed by atoms with van der Waals surface area (Å²) in [7, 11) is 0. The Labute approximate surface area is 104 Å². The van der Waals surface area contributed by atoms with Gasteiger partial charge >= 0.3 is 6.09 Å². The highest BCUT2D eigenvalue weighted by Crippen LogP contribution is 2.08. The molecule has 0 aromatic heterocycles. The molecule has 1 aromatic carbocycles. The zero-order valence-corrected chi connectivity index (χ0v) is 9.54. The van der Waals surface area contributed by atoms with E-state index in [9.17, 15) is 4.79 Å². The van der Waals surface area contributed by atoms with E-state index < -0.39 is 6.09 Å². The second-order valence-electron chi connectivity index (χ2n) is 3.57. The fourth-order valence-electron chi connectivity index (χ4n) is 1.34. The Kier molecular flexibility index (Phi) is 3.80. The van der Waals surface area contributed by atoms with Gasteiger partial charge in [0.25, 0.3) is 0 Å². The molecule has 6 heteroatoms. The van der Waals surface area contributed by atoms with Gasteiger partial charge in [0, 0.05) is 6.21 Å². The van der Waals surface area contributed by atoms with Crippen molar-refractivity contribution >= 4 is 24.4 Å². The number of para-hydroxylation sites is 1. The number of amidine groups is 1. The molecule has 1 atom stereocenters. The van der Waals surface area contributed by atoms with Crippen LogP contribution in [0.5, 0.6) is 5.75 Å². The summed E-state index contributed by atoms with van der Waals surface area (Å²) in [4.78, 5) is 19.6. The average Bonchev–Trinajstić information content (AvgIpc) is 2.40. The van der Waals surface area contributed by atoms with Crippen molar-refractivity contribution in [2.45, 2.75) is 6.04 Å². The van der Waals surface area contributed by atoms with Gasteiger partial charge in [0.15, 0.2) is 0 Å². The number of carbonyl (C=O) groups excluding carboxylic acids is 1. The molecule has 0 spiro atoms. The van der Waals surface area contributed by atoms with E-state index >= 15 is 0 Å². The zero-order chi connectivity index (χ0) is 12.8. The van der Waals surface area contributed by atoms with Crippen molar-refractivity contribution in [2.75, 3.05) is 6.54 Å². The Morgan fingerprint density at radius 3 is 2.83 bits per heavy atom. The molecule has 0 bridgehead atoms. The van der Waals surface area contributed by atoms with E-state index in [0.29, 0.717) is 18.1 Å². The molecule has 18 heavy (non-hydrogen) atoms. The van der Waals surface area contributed by atoms with Gasteiger partial charge in [0.1, 0.15) is 17.6 Å². The van der Waals surface area contributed by atoms with Crippen LogP contribution in [0.4, 0.5) is 4.79 Å². The molecule has 92 valence electrons. The van der Waals surface area contributed by atoms with Crippen molar-refractivity contribution in [2.24, 2.45) is 9.98 Å².